The maximum atomic E-state index is 12.0. The van der Waals surface area contributed by atoms with Crippen molar-refractivity contribution in [2.75, 3.05) is 18.1 Å². The largest absolute Gasteiger partial charge is 0.462 e. The van der Waals surface area contributed by atoms with Gasteiger partial charge in [0.15, 0.2) is 0 Å². The van der Waals surface area contributed by atoms with Crippen molar-refractivity contribution in [2.24, 2.45) is 0 Å². The summed E-state index contributed by atoms with van der Waals surface area (Å²) in [6.07, 6.45) is 5.18. The van der Waals surface area contributed by atoms with Crippen molar-refractivity contribution in [1.82, 2.24) is 4.57 Å². The molecule has 0 N–H and O–H groups in total. The number of pyridine rings is 1. The molecule has 4 nitrogen and oxygen atoms in total. The predicted molar refractivity (Wildman–Crippen MR) is 82.3 cm³/mol. The molecule has 0 fully saturated rings. The average molecular weight is 293 g/mol. The Morgan fingerprint density at radius 2 is 2.20 bits per heavy atom. The van der Waals surface area contributed by atoms with Crippen LogP contribution in [0.5, 0.6) is 0 Å². The molecule has 0 aliphatic carbocycles. The Morgan fingerprint density at radius 1 is 1.50 bits per heavy atom. The molecule has 0 saturated carbocycles. The third-order valence-electron chi connectivity index (χ3n) is 2.89. The van der Waals surface area contributed by atoms with Crippen LogP contribution in [-0.4, -0.2) is 28.6 Å². The monoisotopic (exact) mass is 293 g/mol. The molecule has 1 aromatic heterocycles. The molecule has 0 radical (unpaired) electrons. The first-order valence-electron chi connectivity index (χ1n) is 6.42. The molecule has 1 aromatic rings. The van der Waals surface area contributed by atoms with Crippen LogP contribution in [0.15, 0.2) is 10.9 Å². The van der Waals surface area contributed by atoms with Gasteiger partial charge in [0.05, 0.1) is 17.9 Å². The zero-order chi connectivity index (χ0) is 15.1. The highest BCUT2D eigenvalue weighted by atomic mass is 32.2. The fraction of sp³-hybridized carbons (Fsp3) is 0.467. The number of hydrogen-bond donors (Lipinski definition) is 0. The molecule has 0 aliphatic heterocycles. The van der Waals surface area contributed by atoms with E-state index in [-0.39, 0.29) is 11.5 Å². The molecule has 0 bridgehead atoms. The number of aromatic nitrogens is 1. The Balaban J connectivity index is 3.07. The zero-order valence-corrected chi connectivity index (χ0v) is 12.9. The van der Waals surface area contributed by atoms with Gasteiger partial charge in [-0.3, -0.25) is 4.79 Å². The summed E-state index contributed by atoms with van der Waals surface area (Å²) in [5, 5.41) is 0. The first-order valence-corrected chi connectivity index (χ1v) is 7.57. The normalized spacial score (nSPS) is 10.1. The summed E-state index contributed by atoms with van der Waals surface area (Å²) in [5.74, 6) is 3.51. The molecular formula is C15H19NO3S. The molecule has 0 aliphatic rings. The summed E-state index contributed by atoms with van der Waals surface area (Å²) in [6, 6.07) is 1.48. The molecule has 0 unspecified atom stereocenters. The Morgan fingerprint density at radius 3 is 2.80 bits per heavy atom. The van der Waals surface area contributed by atoms with Gasteiger partial charge in [0.25, 0.3) is 5.56 Å². The van der Waals surface area contributed by atoms with E-state index in [1.807, 2.05) is 0 Å². The summed E-state index contributed by atoms with van der Waals surface area (Å²) in [4.78, 5) is 24.0. The van der Waals surface area contributed by atoms with Crippen molar-refractivity contribution in [3.8, 4) is 12.3 Å². The number of ether oxygens (including phenoxy) is 1. The van der Waals surface area contributed by atoms with Crippen LogP contribution in [0.4, 0.5) is 0 Å². The molecule has 0 spiro atoms. The minimum atomic E-state index is -0.382. The van der Waals surface area contributed by atoms with E-state index in [4.69, 9.17) is 11.2 Å². The molecule has 0 aromatic carbocycles. The number of thioether (sulfide) groups is 1. The Bertz CT molecular complexity index is 584. The third-order valence-corrected chi connectivity index (χ3v) is 3.73. The van der Waals surface area contributed by atoms with E-state index in [1.165, 1.54) is 6.07 Å². The summed E-state index contributed by atoms with van der Waals surface area (Å²) in [6.45, 7) is 6.12. The van der Waals surface area contributed by atoms with Crippen LogP contribution < -0.4 is 5.56 Å². The number of rotatable bonds is 6. The first-order chi connectivity index (χ1) is 9.52. The van der Waals surface area contributed by atoms with Crippen LogP contribution in [-0.2, 0) is 11.3 Å². The minimum absolute atomic E-state index is 0.102. The van der Waals surface area contributed by atoms with E-state index in [1.54, 1.807) is 37.1 Å². The lowest BCUT2D eigenvalue weighted by molar-refractivity contribution is 0.0523. The standard InChI is InChI=1S/C15H19NO3S/c1-5-8-20-9-7-16-12(4)14(15(18)19-6-2)11(3)10-13(16)17/h1,10H,6-9H2,2-4H3. The summed E-state index contributed by atoms with van der Waals surface area (Å²) in [7, 11) is 0. The minimum Gasteiger partial charge on any atom is -0.462 e. The lowest BCUT2D eigenvalue weighted by atomic mass is 10.1. The van der Waals surface area contributed by atoms with Crippen molar-refractivity contribution >= 4 is 17.7 Å². The highest BCUT2D eigenvalue weighted by Crippen LogP contribution is 2.13. The van der Waals surface area contributed by atoms with Crippen LogP contribution in [0, 0.1) is 26.2 Å². The van der Waals surface area contributed by atoms with Crippen molar-refractivity contribution in [3.05, 3.63) is 33.2 Å². The highest BCUT2D eigenvalue weighted by molar-refractivity contribution is 7.99. The summed E-state index contributed by atoms with van der Waals surface area (Å²) >= 11 is 1.58. The first kappa shape index (κ1) is 16.4. The summed E-state index contributed by atoms with van der Waals surface area (Å²) < 4.78 is 6.64. The van der Waals surface area contributed by atoms with Gasteiger partial charge >= 0.3 is 5.97 Å². The maximum Gasteiger partial charge on any atom is 0.340 e. The smallest absolute Gasteiger partial charge is 0.340 e. The van der Waals surface area contributed by atoms with Crippen LogP contribution in [0.3, 0.4) is 0 Å². The van der Waals surface area contributed by atoms with Crippen molar-refractivity contribution in [2.45, 2.75) is 27.3 Å². The molecule has 1 rings (SSSR count). The van der Waals surface area contributed by atoms with Crippen molar-refractivity contribution in [1.29, 1.82) is 0 Å². The van der Waals surface area contributed by atoms with Gasteiger partial charge in [-0.25, -0.2) is 4.79 Å². The zero-order valence-electron chi connectivity index (χ0n) is 12.1. The summed E-state index contributed by atoms with van der Waals surface area (Å²) in [5.41, 5.74) is 1.68. The molecule has 0 saturated heterocycles. The molecule has 108 valence electrons. The SMILES string of the molecule is C#CCSCCn1c(C)c(C(=O)OCC)c(C)cc1=O. The Hall–Kier alpha value is -1.67. The second kappa shape index (κ2) is 7.81. The van der Waals surface area contributed by atoms with Crippen LogP contribution in [0.1, 0.15) is 28.5 Å². The van der Waals surface area contributed by atoms with Crippen molar-refractivity contribution < 1.29 is 9.53 Å². The quantitative estimate of drug-likeness (QED) is 0.457. The lowest BCUT2D eigenvalue weighted by Crippen LogP contribution is -2.27. The average Bonchev–Trinajstić information content (AvgIpc) is 2.37. The van der Waals surface area contributed by atoms with Crippen LogP contribution >= 0.6 is 11.8 Å². The highest BCUT2D eigenvalue weighted by Gasteiger charge is 2.17. The number of carbonyl (C=O) groups excluding carboxylic acids is 1. The van der Waals surface area contributed by atoms with E-state index < -0.39 is 0 Å². The molecule has 1 heterocycles. The third kappa shape index (κ3) is 3.91. The number of terminal acetylenes is 1. The maximum absolute atomic E-state index is 12.0. The van der Waals surface area contributed by atoms with Gasteiger partial charge in [0.1, 0.15) is 0 Å². The predicted octanol–water partition coefficient (Wildman–Crippen LogP) is 2.01. The lowest BCUT2D eigenvalue weighted by Gasteiger charge is -2.15. The van der Waals surface area contributed by atoms with Gasteiger partial charge in [0, 0.05) is 24.1 Å². The van der Waals surface area contributed by atoms with Gasteiger partial charge in [-0.1, -0.05) is 5.92 Å². The van der Waals surface area contributed by atoms with Gasteiger partial charge in [-0.2, -0.15) is 0 Å². The number of aryl methyl sites for hydroxylation is 1. The van der Waals surface area contributed by atoms with E-state index >= 15 is 0 Å². The van der Waals surface area contributed by atoms with Gasteiger partial charge in [-0.15, -0.1) is 18.2 Å². The van der Waals surface area contributed by atoms with Gasteiger partial charge < -0.3 is 9.30 Å². The molecule has 20 heavy (non-hydrogen) atoms. The van der Waals surface area contributed by atoms with Gasteiger partial charge in [-0.05, 0) is 26.3 Å². The molecular weight excluding hydrogens is 274 g/mol. The topological polar surface area (TPSA) is 48.3 Å². The number of nitrogens with zero attached hydrogens (tertiary/aromatic N) is 1. The number of hydrogen-bond acceptors (Lipinski definition) is 4. The second-order valence-electron chi connectivity index (χ2n) is 4.25. The van der Waals surface area contributed by atoms with E-state index in [2.05, 4.69) is 5.92 Å². The van der Waals surface area contributed by atoms with Crippen LogP contribution in [0.25, 0.3) is 0 Å². The number of carbonyl (C=O) groups is 1. The van der Waals surface area contributed by atoms with E-state index in [9.17, 15) is 9.59 Å². The van der Waals surface area contributed by atoms with E-state index in [0.717, 1.165) is 5.75 Å². The van der Waals surface area contributed by atoms with Crippen molar-refractivity contribution in [3.63, 3.8) is 0 Å². The molecule has 0 atom stereocenters. The second-order valence-corrected chi connectivity index (χ2v) is 5.36. The Labute approximate surface area is 123 Å². The molecule has 5 heteroatoms. The van der Waals surface area contributed by atoms with Crippen LogP contribution in [0.2, 0.25) is 0 Å². The van der Waals surface area contributed by atoms with E-state index in [0.29, 0.717) is 35.7 Å². The fourth-order valence-electron chi connectivity index (χ4n) is 2.00. The Kier molecular flexibility index (Phi) is 6.40. The number of esters is 1. The fourth-order valence-corrected chi connectivity index (χ4v) is 2.57. The molecule has 0 amide bonds. The van der Waals surface area contributed by atoms with Gasteiger partial charge in [0.2, 0.25) is 0 Å².